The van der Waals surface area contributed by atoms with E-state index in [4.69, 9.17) is 16.3 Å². The lowest BCUT2D eigenvalue weighted by molar-refractivity contribution is 0.193. The number of rotatable bonds is 3. The van der Waals surface area contributed by atoms with E-state index in [2.05, 4.69) is 10.3 Å². The molecule has 1 aromatic heterocycles. The molecule has 2 N–H and O–H groups in total. The normalized spacial score (nSPS) is 15.4. The summed E-state index contributed by atoms with van der Waals surface area (Å²) in [6.45, 7) is 0.401. The van der Waals surface area contributed by atoms with Crippen LogP contribution in [-0.4, -0.2) is 29.6 Å². The summed E-state index contributed by atoms with van der Waals surface area (Å²) in [6.07, 6.45) is 0.599. The zero-order chi connectivity index (χ0) is 23.1. The van der Waals surface area contributed by atoms with Crippen LogP contribution >= 0.6 is 11.6 Å². The highest BCUT2D eigenvalue weighted by atomic mass is 35.5. The quantitative estimate of drug-likeness (QED) is 0.372. The Morgan fingerprint density at radius 2 is 1.91 bits per heavy atom. The molecule has 5 nitrogen and oxygen atoms in total. The summed E-state index contributed by atoms with van der Waals surface area (Å²) in [5, 5.41) is 4.24. The number of hydrogen-bond donors (Lipinski definition) is 2. The van der Waals surface area contributed by atoms with Gasteiger partial charge in [-0.2, -0.15) is 0 Å². The Morgan fingerprint density at radius 1 is 1.12 bits per heavy atom. The predicted octanol–water partition coefficient (Wildman–Crippen LogP) is 6.29. The van der Waals surface area contributed by atoms with Crippen LogP contribution in [-0.2, 0) is 6.42 Å². The molecule has 2 heterocycles. The maximum absolute atomic E-state index is 14.2. The van der Waals surface area contributed by atoms with E-state index in [0.29, 0.717) is 23.7 Å². The topological polar surface area (TPSA) is 57.4 Å². The van der Waals surface area contributed by atoms with Crippen molar-refractivity contribution in [2.24, 2.45) is 0 Å². The lowest BCUT2D eigenvalue weighted by Crippen LogP contribution is -2.43. The number of urea groups is 1. The average molecular weight is 468 g/mol. The van der Waals surface area contributed by atoms with Crippen molar-refractivity contribution in [3.8, 4) is 5.75 Å². The van der Waals surface area contributed by atoms with Gasteiger partial charge in [-0.05, 0) is 60.0 Å². The number of halogens is 3. The van der Waals surface area contributed by atoms with Crippen LogP contribution in [0.15, 0.2) is 60.7 Å². The summed E-state index contributed by atoms with van der Waals surface area (Å²) < 4.78 is 32.8. The number of aromatic nitrogens is 1. The number of H-pyrrole nitrogens is 1. The number of anilines is 1. The molecule has 33 heavy (non-hydrogen) atoms. The van der Waals surface area contributed by atoms with Crippen molar-refractivity contribution in [1.29, 1.82) is 0 Å². The largest absolute Gasteiger partial charge is 0.497 e. The molecule has 8 heteroatoms. The van der Waals surface area contributed by atoms with Gasteiger partial charge in [-0.3, -0.25) is 0 Å². The van der Waals surface area contributed by atoms with Crippen molar-refractivity contribution < 1.29 is 18.3 Å². The van der Waals surface area contributed by atoms with Gasteiger partial charge in [0.2, 0.25) is 0 Å². The smallest absolute Gasteiger partial charge is 0.322 e. The monoisotopic (exact) mass is 467 g/mol. The number of benzene rings is 3. The van der Waals surface area contributed by atoms with Gasteiger partial charge in [-0.15, -0.1) is 0 Å². The van der Waals surface area contributed by atoms with Gasteiger partial charge in [-0.25, -0.2) is 13.6 Å². The number of carbonyl (C=O) groups excluding carboxylic acids is 1. The van der Waals surface area contributed by atoms with E-state index >= 15 is 0 Å². The molecule has 3 aromatic carbocycles. The molecule has 2 amide bonds. The van der Waals surface area contributed by atoms with E-state index in [1.54, 1.807) is 12.0 Å². The first-order valence-electron chi connectivity index (χ1n) is 10.4. The van der Waals surface area contributed by atoms with Crippen LogP contribution in [0.2, 0.25) is 5.02 Å². The Balaban J connectivity index is 1.58. The number of hydrogen-bond acceptors (Lipinski definition) is 2. The van der Waals surface area contributed by atoms with Gasteiger partial charge in [0, 0.05) is 34.2 Å². The molecule has 168 valence electrons. The van der Waals surface area contributed by atoms with Crippen molar-refractivity contribution in [1.82, 2.24) is 9.88 Å². The van der Waals surface area contributed by atoms with Gasteiger partial charge < -0.3 is 19.9 Å². The first-order valence-corrected chi connectivity index (χ1v) is 10.8. The van der Waals surface area contributed by atoms with Crippen LogP contribution in [0.4, 0.5) is 19.3 Å². The van der Waals surface area contributed by atoms with Crippen molar-refractivity contribution in [3.05, 3.63) is 94.1 Å². The maximum Gasteiger partial charge on any atom is 0.322 e. The standard InChI is InChI=1S/C25H20ClF2N3O2/c1-33-17-6-2-14(3-7-17)24-23-18(19-12-15(26)4-8-21(19)29-23)10-11-31(24)25(32)30-22-9-5-16(27)13-20(22)28/h2-9,12-13,24,29H,10-11H2,1H3,(H,30,32)/t24-/m1/s1. The maximum atomic E-state index is 14.2. The highest BCUT2D eigenvalue weighted by Gasteiger charge is 2.35. The van der Waals surface area contributed by atoms with Crippen LogP contribution in [0, 0.1) is 11.6 Å². The Kier molecular flexibility index (Phi) is 5.42. The molecule has 0 bridgehead atoms. The third-order valence-electron chi connectivity index (χ3n) is 5.95. The van der Waals surface area contributed by atoms with E-state index in [-0.39, 0.29) is 5.69 Å². The fourth-order valence-corrected chi connectivity index (χ4v) is 4.56. The molecule has 0 unspecified atom stereocenters. The minimum atomic E-state index is -0.831. The second-order valence-corrected chi connectivity index (χ2v) is 8.32. The summed E-state index contributed by atoms with van der Waals surface area (Å²) >= 11 is 6.24. The van der Waals surface area contributed by atoms with E-state index in [0.717, 1.165) is 39.9 Å². The number of ether oxygens (including phenoxy) is 1. The third-order valence-corrected chi connectivity index (χ3v) is 6.19. The average Bonchev–Trinajstić information content (AvgIpc) is 3.18. The first-order chi connectivity index (χ1) is 15.9. The minimum Gasteiger partial charge on any atom is -0.497 e. The zero-order valence-electron chi connectivity index (χ0n) is 17.7. The molecule has 0 fully saturated rings. The number of nitrogens with zero attached hydrogens (tertiary/aromatic N) is 1. The number of nitrogens with one attached hydrogen (secondary N) is 2. The predicted molar refractivity (Wildman–Crippen MR) is 124 cm³/mol. The van der Waals surface area contributed by atoms with Crippen LogP contribution < -0.4 is 10.1 Å². The second kappa shape index (κ2) is 8.41. The SMILES string of the molecule is COc1ccc([C@@H]2c3[nH]c4ccc(Cl)cc4c3CCN2C(=O)Nc2ccc(F)cc2F)cc1. The third kappa shape index (κ3) is 3.89. The van der Waals surface area contributed by atoms with Gasteiger partial charge in [0.15, 0.2) is 0 Å². The van der Waals surface area contributed by atoms with E-state index in [9.17, 15) is 13.6 Å². The van der Waals surface area contributed by atoms with Crippen LogP contribution in [0.5, 0.6) is 5.75 Å². The molecule has 1 aliphatic heterocycles. The lowest BCUT2D eigenvalue weighted by atomic mass is 9.92. The van der Waals surface area contributed by atoms with Gasteiger partial charge >= 0.3 is 6.03 Å². The molecule has 0 saturated carbocycles. The Morgan fingerprint density at radius 3 is 2.64 bits per heavy atom. The van der Waals surface area contributed by atoms with E-state index in [1.807, 2.05) is 42.5 Å². The molecule has 4 aromatic rings. The molecule has 0 aliphatic carbocycles. The number of carbonyl (C=O) groups is 1. The van der Waals surface area contributed by atoms with Gasteiger partial charge in [-0.1, -0.05) is 23.7 Å². The second-order valence-electron chi connectivity index (χ2n) is 7.88. The molecule has 0 saturated heterocycles. The molecule has 0 spiro atoms. The van der Waals surface area contributed by atoms with Crippen LogP contribution in [0.1, 0.15) is 22.9 Å². The Bertz CT molecular complexity index is 1350. The minimum absolute atomic E-state index is 0.0795. The summed E-state index contributed by atoms with van der Waals surface area (Å²) in [7, 11) is 1.59. The number of aromatic amines is 1. The summed E-state index contributed by atoms with van der Waals surface area (Å²) in [5.74, 6) is -0.842. The van der Waals surface area contributed by atoms with Crippen LogP contribution in [0.3, 0.4) is 0 Å². The van der Waals surface area contributed by atoms with Crippen molar-refractivity contribution in [2.75, 3.05) is 19.0 Å². The molecular formula is C25H20ClF2N3O2. The fraction of sp³-hybridized carbons (Fsp3) is 0.160. The van der Waals surface area contributed by atoms with Crippen molar-refractivity contribution >= 4 is 34.2 Å². The number of amides is 2. The Hall–Kier alpha value is -3.58. The van der Waals surface area contributed by atoms with Crippen LogP contribution in [0.25, 0.3) is 10.9 Å². The number of methoxy groups -OCH3 is 1. The van der Waals surface area contributed by atoms with E-state index in [1.165, 1.54) is 6.07 Å². The first kappa shape index (κ1) is 21.3. The van der Waals surface area contributed by atoms with Gasteiger partial charge in [0.05, 0.1) is 18.8 Å². The molecule has 5 rings (SSSR count). The fourth-order valence-electron chi connectivity index (χ4n) is 4.39. The molecular weight excluding hydrogens is 448 g/mol. The molecule has 1 aliphatic rings. The van der Waals surface area contributed by atoms with Gasteiger partial charge in [0.1, 0.15) is 17.4 Å². The Labute approximate surface area is 193 Å². The highest BCUT2D eigenvalue weighted by Crippen LogP contribution is 2.39. The summed E-state index contributed by atoms with van der Waals surface area (Å²) in [4.78, 5) is 18.4. The summed E-state index contributed by atoms with van der Waals surface area (Å²) in [6, 6.07) is 15.2. The lowest BCUT2D eigenvalue weighted by Gasteiger charge is -2.36. The highest BCUT2D eigenvalue weighted by molar-refractivity contribution is 6.31. The van der Waals surface area contributed by atoms with Crippen molar-refractivity contribution in [2.45, 2.75) is 12.5 Å². The molecule has 1 atom stereocenters. The summed E-state index contributed by atoms with van der Waals surface area (Å²) in [5.41, 5.74) is 3.67. The molecule has 0 radical (unpaired) electrons. The van der Waals surface area contributed by atoms with Gasteiger partial charge in [0.25, 0.3) is 0 Å². The number of fused-ring (bicyclic) bond motifs is 3. The zero-order valence-corrected chi connectivity index (χ0v) is 18.4. The van der Waals surface area contributed by atoms with E-state index < -0.39 is 23.7 Å². The van der Waals surface area contributed by atoms with Crippen molar-refractivity contribution in [3.63, 3.8) is 0 Å².